The van der Waals surface area contributed by atoms with Crippen molar-refractivity contribution >= 4 is 5.82 Å². The number of hydrogen-bond acceptors (Lipinski definition) is 4. The molecule has 0 radical (unpaired) electrons. The third-order valence-corrected chi connectivity index (χ3v) is 0.854. The van der Waals surface area contributed by atoms with Gasteiger partial charge in [0, 0.05) is 19.3 Å². The number of rotatable bonds is 1. The normalized spacial score (nSPS) is 8.18. The fourth-order valence-corrected chi connectivity index (χ4v) is 0.376. The number of aromatic nitrogens is 1. The van der Waals surface area contributed by atoms with Crippen LogP contribution in [0.3, 0.4) is 0 Å². The van der Waals surface area contributed by atoms with E-state index in [1.165, 1.54) is 0 Å². The Morgan fingerprint density at radius 2 is 1.82 bits per heavy atom. The molecule has 0 atom stereocenters. The maximum atomic E-state index is 5.25. The standard InChI is InChI=1S/C5H6N2.C2H8N2/c6-5-3-1-2-4-7-5;3-1-2-4/h1-4H,(H2,6,7);1-4H2. The van der Waals surface area contributed by atoms with Gasteiger partial charge in [0.2, 0.25) is 0 Å². The summed E-state index contributed by atoms with van der Waals surface area (Å²) in [6.45, 7) is 1.19. The Hall–Kier alpha value is -1.13. The Labute approximate surface area is 66.4 Å². The maximum absolute atomic E-state index is 5.25. The van der Waals surface area contributed by atoms with Gasteiger partial charge in [-0.25, -0.2) is 4.98 Å². The predicted molar refractivity (Wildman–Crippen MR) is 46.8 cm³/mol. The Balaban J connectivity index is 0.000000218. The molecule has 0 aromatic carbocycles. The highest BCUT2D eigenvalue weighted by atomic mass is 14.8. The number of hydrogen-bond donors (Lipinski definition) is 3. The van der Waals surface area contributed by atoms with Crippen LogP contribution in [0.1, 0.15) is 0 Å². The zero-order valence-electron chi connectivity index (χ0n) is 6.40. The molecular formula is C7H14N4. The van der Waals surface area contributed by atoms with Crippen LogP contribution in [-0.4, -0.2) is 18.1 Å². The van der Waals surface area contributed by atoms with E-state index in [0.717, 1.165) is 0 Å². The van der Waals surface area contributed by atoms with Gasteiger partial charge < -0.3 is 17.2 Å². The summed E-state index contributed by atoms with van der Waals surface area (Å²) in [4.78, 5) is 3.76. The molecule has 4 heteroatoms. The van der Waals surface area contributed by atoms with Gasteiger partial charge in [-0.3, -0.25) is 0 Å². The van der Waals surface area contributed by atoms with E-state index in [1.54, 1.807) is 12.3 Å². The van der Waals surface area contributed by atoms with Crippen molar-refractivity contribution < 1.29 is 0 Å². The molecule has 62 valence electrons. The van der Waals surface area contributed by atoms with Gasteiger partial charge in [0.05, 0.1) is 0 Å². The van der Waals surface area contributed by atoms with E-state index in [-0.39, 0.29) is 0 Å². The number of nitrogen functional groups attached to an aromatic ring is 1. The summed E-state index contributed by atoms with van der Waals surface area (Å²) in [5.74, 6) is 0.572. The first-order valence-electron chi connectivity index (χ1n) is 3.38. The van der Waals surface area contributed by atoms with Crippen molar-refractivity contribution in [2.75, 3.05) is 18.8 Å². The second-order valence-electron chi connectivity index (χ2n) is 1.83. The van der Waals surface area contributed by atoms with Crippen LogP contribution in [0.25, 0.3) is 0 Å². The number of nitrogens with two attached hydrogens (primary N) is 3. The Morgan fingerprint density at radius 1 is 1.18 bits per heavy atom. The number of anilines is 1. The van der Waals surface area contributed by atoms with Gasteiger partial charge in [-0.05, 0) is 12.1 Å². The second kappa shape index (κ2) is 6.98. The number of nitrogens with zero attached hydrogens (tertiary/aromatic N) is 1. The average Bonchev–Trinajstić information content (AvgIpc) is 2.07. The van der Waals surface area contributed by atoms with E-state index in [0.29, 0.717) is 18.9 Å². The lowest BCUT2D eigenvalue weighted by Gasteiger charge is -1.82. The van der Waals surface area contributed by atoms with Gasteiger partial charge in [-0.15, -0.1) is 0 Å². The van der Waals surface area contributed by atoms with E-state index in [1.807, 2.05) is 12.1 Å². The lowest BCUT2D eigenvalue weighted by Crippen LogP contribution is -2.11. The molecule has 0 aliphatic carbocycles. The molecule has 0 unspecified atom stereocenters. The van der Waals surface area contributed by atoms with Crippen LogP contribution in [-0.2, 0) is 0 Å². The predicted octanol–water partition coefficient (Wildman–Crippen LogP) is -0.432. The van der Waals surface area contributed by atoms with E-state index >= 15 is 0 Å². The van der Waals surface area contributed by atoms with Crippen LogP contribution in [0.2, 0.25) is 0 Å². The van der Waals surface area contributed by atoms with Crippen LogP contribution >= 0.6 is 0 Å². The zero-order valence-corrected chi connectivity index (χ0v) is 6.40. The fraction of sp³-hybridized carbons (Fsp3) is 0.286. The van der Waals surface area contributed by atoms with Gasteiger partial charge in [0.15, 0.2) is 0 Å². The van der Waals surface area contributed by atoms with Crippen molar-refractivity contribution in [1.29, 1.82) is 0 Å². The van der Waals surface area contributed by atoms with Crippen molar-refractivity contribution in [2.45, 2.75) is 0 Å². The van der Waals surface area contributed by atoms with E-state index < -0.39 is 0 Å². The minimum absolute atomic E-state index is 0.572. The van der Waals surface area contributed by atoms with Gasteiger partial charge in [0.25, 0.3) is 0 Å². The average molecular weight is 154 g/mol. The highest BCUT2D eigenvalue weighted by Crippen LogP contribution is 1.89. The SMILES string of the molecule is NCCN.Nc1ccccn1. The monoisotopic (exact) mass is 154 g/mol. The summed E-state index contributed by atoms with van der Waals surface area (Å²) >= 11 is 0. The van der Waals surface area contributed by atoms with Gasteiger partial charge >= 0.3 is 0 Å². The lowest BCUT2D eigenvalue weighted by atomic mass is 10.5. The molecule has 4 nitrogen and oxygen atoms in total. The molecule has 0 amide bonds. The van der Waals surface area contributed by atoms with Crippen molar-refractivity contribution in [3.05, 3.63) is 24.4 Å². The molecule has 0 aliphatic heterocycles. The quantitative estimate of drug-likeness (QED) is 0.511. The van der Waals surface area contributed by atoms with E-state index in [2.05, 4.69) is 4.98 Å². The van der Waals surface area contributed by atoms with E-state index in [9.17, 15) is 0 Å². The maximum Gasteiger partial charge on any atom is 0.123 e. The highest BCUT2D eigenvalue weighted by Gasteiger charge is 1.73. The summed E-state index contributed by atoms with van der Waals surface area (Å²) in [6, 6.07) is 5.43. The van der Waals surface area contributed by atoms with Gasteiger partial charge in [0.1, 0.15) is 5.82 Å². The Bertz CT molecular complexity index is 161. The van der Waals surface area contributed by atoms with Crippen LogP contribution in [0.5, 0.6) is 0 Å². The molecule has 0 saturated heterocycles. The van der Waals surface area contributed by atoms with E-state index in [4.69, 9.17) is 17.2 Å². The summed E-state index contributed by atoms with van der Waals surface area (Å²) in [5, 5.41) is 0. The summed E-state index contributed by atoms with van der Waals surface area (Å²) in [5.41, 5.74) is 15.1. The van der Waals surface area contributed by atoms with Crippen molar-refractivity contribution in [1.82, 2.24) is 4.98 Å². The van der Waals surface area contributed by atoms with Crippen LogP contribution < -0.4 is 17.2 Å². The molecule has 1 heterocycles. The highest BCUT2D eigenvalue weighted by molar-refractivity contribution is 5.25. The zero-order chi connectivity index (χ0) is 8.53. The first kappa shape index (κ1) is 9.87. The van der Waals surface area contributed by atoms with Crippen LogP contribution in [0, 0.1) is 0 Å². The van der Waals surface area contributed by atoms with Crippen molar-refractivity contribution in [2.24, 2.45) is 11.5 Å². The smallest absolute Gasteiger partial charge is 0.123 e. The third kappa shape index (κ3) is 6.76. The molecule has 1 aromatic heterocycles. The Kier molecular flexibility index (Phi) is 6.27. The van der Waals surface area contributed by atoms with Crippen molar-refractivity contribution in [3.8, 4) is 0 Å². The molecule has 11 heavy (non-hydrogen) atoms. The third-order valence-electron chi connectivity index (χ3n) is 0.854. The van der Waals surface area contributed by atoms with Gasteiger partial charge in [-0.2, -0.15) is 0 Å². The minimum atomic E-state index is 0.572. The molecule has 6 N–H and O–H groups in total. The Morgan fingerprint density at radius 3 is 2.00 bits per heavy atom. The lowest BCUT2D eigenvalue weighted by molar-refractivity contribution is 0.976. The second-order valence-corrected chi connectivity index (χ2v) is 1.83. The first-order valence-corrected chi connectivity index (χ1v) is 3.38. The summed E-state index contributed by atoms with van der Waals surface area (Å²) < 4.78 is 0. The summed E-state index contributed by atoms with van der Waals surface area (Å²) in [6.07, 6.45) is 1.66. The van der Waals surface area contributed by atoms with Crippen LogP contribution in [0.15, 0.2) is 24.4 Å². The molecule has 0 aliphatic rings. The molecule has 0 bridgehead atoms. The molecule has 0 fully saturated rings. The number of pyridine rings is 1. The fourth-order valence-electron chi connectivity index (χ4n) is 0.376. The largest absolute Gasteiger partial charge is 0.384 e. The molecule has 1 rings (SSSR count). The first-order chi connectivity index (χ1) is 5.31. The molecule has 0 spiro atoms. The molecule has 0 saturated carbocycles. The topological polar surface area (TPSA) is 91.0 Å². The van der Waals surface area contributed by atoms with Crippen LogP contribution in [0.4, 0.5) is 5.82 Å². The van der Waals surface area contributed by atoms with Crippen molar-refractivity contribution in [3.63, 3.8) is 0 Å². The minimum Gasteiger partial charge on any atom is -0.384 e. The molecular weight excluding hydrogens is 140 g/mol. The summed E-state index contributed by atoms with van der Waals surface area (Å²) in [7, 11) is 0. The molecule has 1 aromatic rings. The van der Waals surface area contributed by atoms with Gasteiger partial charge in [-0.1, -0.05) is 6.07 Å².